The number of hydrogen-bond acceptors (Lipinski definition) is 2. The van der Waals surface area contributed by atoms with Crippen molar-refractivity contribution in [3.63, 3.8) is 0 Å². The molecule has 1 aliphatic carbocycles. The Morgan fingerprint density at radius 3 is 1.84 bits per heavy atom. The molecule has 0 N–H and O–H groups in total. The quantitative estimate of drug-likeness (QED) is 0.148. The van der Waals surface area contributed by atoms with Crippen molar-refractivity contribution in [3.05, 3.63) is 282 Å². The Bertz CT molecular complexity index is 5580. The molecule has 0 saturated carbocycles. The summed E-state index contributed by atoms with van der Waals surface area (Å²) in [5.41, 5.74) is -6.50. The zero-order chi connectivity index (χ0) is 68.1. The molecule has 0 aliphatic heterocycles. The summed E-state index contributed by atoms with van der Waals surface area (Å²) in [7, 11) is 0. The van der Waals surface area contributed by atoms with E-state index in [4.69, 9.17) is 20.9 Å². The summed E-state index contributed by atoms with van der Waals surface area (Å²) in [6, 6.07) is 4.59. The molecule has 1 heterocycles. The third kappa shape index (κ3) is 5.92. The molecule has 0 fully saturated rings. The summed E-state index contributed by atoms with van der Waals surface area (Å²) < 4.78 is 252. The highest BCUT2D eigenvalue weighted by molar-refractivity contribution is 6.18. The molecule has 0 radical (unpaired) electrons. The van der Waals surface area contributed by atoms with Gasteiger partial charge < -0.3 is 9.32 Å². The Morgan fingerprint density at radius 1 is 0.377 bits per heavy atom. The Labute approximate surface area is 437 Å². The monoisotopic (exact) mass is 903 g/mol. The summed E-state index contributed by atoms with van der Waals surface area (Å²) >= 11 is 0. The van der Waals surface area contributed by atoms with Crippen LogP contribution in [0, 0.1) is 0 Å². The van der Waals surface area contributed by atoms with Crippen LogP contribution in [0.1, 0.15) is 57.9 Å². The minimum Gasteiger partial charge on any atom is -0.456 e. The number of fused-ring (bicyclic) bond motifs is 10. The Kier molecular flexibility index (Phi) is 4.81. The van der Waals surface area contributed by atoms with Crippen LogP contribution in [-0.4, -0.2) is 0 Å². The van der Waals surface area contributed by atoms with Crippen LogP contribution in [0.15, 0.2) is 265 Å². The van der Waals surface area contributed by atoms with Crippen LogP contribution in [-0.2, 0) is 5.41 Å². The van der Waals surface area contributed by atoms with Gasteiger partial charge in [-0.15, -0.1) is 0 Å². The molecule has 2 heteroatoms. The van der Waals surface area contributed by atoms with E-state index in [1.807, 2.05) is 78.9 Å². The molecule has 13 aromatic rings. The van der Waals surface area contributed by atoms with Crippen molar-refractivity contribution in [3.8, 4) is 33.4 Å². The smallest absolute Gasteiger partial charge is 0.136 e. The van der Waals surface area contributed by atoms with Crippen LogP contribution >= 0.6 is 0 Å². The van der Waals surface area contributed by atoms with Gasteiger partial charge >= 0.3 is 0 Å². The maximum absolute atomic E-state index is 11.0. The normalized spacial score (nSPS) is 18.0. The van der Waals surface area contributed by atoms with Crippen molar-refractivity contribution < 1.29 is 40.1 Å². The lowest BCUT2D eigenvalue weighted by Gasteiger charge is -2.35. The standard InChI is InChI=1S/C67H43NO/c1-3-20-47(21-4-1)67(48-22-5-2-6-23-48)60-31-15-13-27-55(60)56-41-39-50(43-61(56)67)68(62-42-46-19-8-9-24-51(46)54-26-11-12-28-57(54)62)49-37-34-45(35-38-49)53-40-36-44-18-7-10-25-52(44)65(53)59-30-17-33-64-66(59)58-29-14-16-32-63(58)69-64/h1-43H/i1D,2D,3D,4D,5D,6D,8D,9D,11D,12D,13D,15D,19D,20D,21D,22D,23D,24D,26D,27D,28D,31D,39D,41D,42D,43D. The van der Waals surface area contributed by atoms with E-state index in [0.29, 0.717) is 22.3 Å². The van der Waals surface area contributed by atoms with E-state index in [1.165, 1.54) is 12.1 Å². The second-order valence-electron chi connectivity index (χ2n) is 16.3. The zero-order valence-electron chi connectivity index (χ0n) is 61.7. The van der Waals surface area contributed by atoms with Crippen LogP contribution in [0.5, 0.6) is 0 Å². The van der Waals surface area contributed by atoms with Crippen LogP contribution in [0.25, 0.3) is 87.6 Å². The van der Waals surface area contributed by atoms with Gasteiger partial charge in [0.1, 0.15) is 11.2 Å². The first-order valence-corrected chi connectivity index (χ1v) is 21.7. The molecular formula is C67H43NO. The number of nitrogens with zero attached hydrogens (tertiary/aromatic N) is 1. The molecule has 1 aromatic heterocycles. The highest BCUT2D eigenvalue weighted by atomic mass is 16.3. The third-order valence-corrected chi connectivity index (χ3v) is 12.8. The summed E-state index contributed by atoms with van der Waals surface area (Å²) in [6.45, 7) is 0. The van der Waals surface area contributed by atoms with Gasteiger partial charge in [-0.3, -0.25) is 0 Å². The molecule has 12 aromatic carbocycles. The molecule has 0 atom stereocenters. The number of benzene rings is 12. The van der Waals surface area contributed by atoms with E-state index in [-0.39, 0.29) is 5.69 Å². The van der Waals surface area contributed by atoms with E-state index in [0.717, 1.165) is 37.6 Å². The van der Waals surface area contributed by atoms with E-state index in [9.17, 15) is 19.2 Å². The number of hydrogen-bond donors (Lipinski definition) is 0. The Balaban J connectivity index is 1.19. The summed E-state index contributed by atoms with van der Waals surface area (Å²) in [4.78, 5) is 0.949. The van der Waals surface area contributed by atoms with Crippen LogP contribution in [0.4, 0.5) is 17.1 Å². The van der Waals surface area contributed by atoms with Gasteiger partial charge in [0.25, 0.3) is 0 Å². The SMILES string of the molecule is [2H]c1c([2H])c([2H])c(C2(c3c([2H])c([2H])c([2H])c([2H])c3[2H])c3c([2H])c([2H])c([2H])c([2H])c3-c3c([2H])c([2H])c(N(c4ccc(-c5ccc6ccccc6c5-c5cccc6oc7ccccc7c56)cc4)c4c([2H])c5c([2H])c([2H])c([2H])c([2H])c5c5c([2H])c([2H])c([2H])c([2H])c45)c([2H])c32)c([2H])c1[2H]. The average molecular weight is 904 g/mol. The second kappa shape index (κ2) is 15.6. The van der Waals surface area contributed by atoms with Crippen molar-refractivity contribution >= 4 is 71.3 Å². The van der Waals surface area contributed by atoms with Crippen molar-refractivity contribution in [2.24, 2.45) is 0 Å². The predicted molar refractivity (Wildman–Crippen MR) is 289 cm³/mol. The molecule has 0 spiro atoms. The van der Waals surface area contributed by atoms with Crippen molar-refractivity contribution in [2.45, 2.75) is 5.41 Å². The predicted octanol–water partition coefficient (Wildman–Crippen LogP) is 18.2. The van der Waals surface area contributed by atoms with E-state index in [1.54, 1.807) is 12.1 Å². The number of para-hydroxylation sites is 1. The summed E-state index contributed by atoms with van der Waals surface area (Å²) in [5.74, 6) is 0. The van der Waals surface area contributed by atoms with Gasteiger partial charge in [-0.1, -0.05) is 218 Å². The van der Waals surface area contributed by atoms with Crippen molar-refractivity contribution in [1.82, 2.24) is 0 Å². The Morgan fingerprint density at radius 2 is 1.03 bits per heavy atom. The van der Waals surface area contributed by atoms with Crippen molar-refractivity contribution in [2.75, 3.05) is 4.90 Å². The lowest BCUT2D eigenvalue weighted by Crippen LogP contribution is -2.28. The summed E-state index contributed by atoms with van der Waals surface area (Å²) in [5, 5.41) is 0.946. The molecule has 69 heavy (non-hydrogen) atoms. The average Bonchev–Trinajstić information content (AvgIpc) is 1.53. The molecule has 2 nitrogen and oxygen atoms in total. The van der Waals surface area contributed by atoms with Gasteiger partial charge in [-0.2, -0.15) is 0 Å². The minimum absolute atomic E-state index is 0.209. The lowest BCUT2D eigenvalue weighted by molar-refractivity contribution is 0.669. The maximum atomic E-state index is 11.0. The van der Waals surface area contributed by atoms with E-state index < -0.39 is 229 Å². The highest BCUT2D eigenvalue weighted by Crippen LogP contribution is 2.57. The van der Waals surface area contributed by atoms with Crippen molar-refractivity contribution in [1.29, 1.82) is 0 Å². The van der Waals surface area contributed by atoms with E-state index in [2.05, 4.69) is 0 Å². The first-order chi connectivity index (χ1) is 45.0. The number of anilines is 3. The molecule has 14 rings (SSSR count). The molecule has 0 bridgehead atoms. The van der Waals surface area contributed by atoms with Gasteiger partial charge in [0, 0.05) is 27.5 Å². The fourth-order valence-electron chi connectivity index (χ4n) is 9.95. The molecule has 0 saturated heterocycles. The first-order valence-electron chi connectivity index (χ1n) is 34.7. The lowest BCUT2D eigenvalue weighted by atomic mass is 9.67. The maximum Gasteiger partial charge on any atom is 0.136 e. The zero-order valence-corrected chi connectivity index (χ0v) is 35.7. The van der Waals surface area contributed by atoms with Crippen LogP contribution < -0.4 is 4.90 Å². The first kappa shape index (κ1) is 21.3. The number of rotatable bonds is 7. The highest BCUT2D eigenvalue weighted by Gasteiger charge is 2.46. The van der Waals surface area contributed by atoms with Crippen LogP contribution in [0.2, 0.25) is 0 Å². The molecule has 1 aliphatic rings. The fourth-order valence-corrected chi connectivity index (χ4v) is 9.95. The van der Waals surface area contributed by atoms with Gasteiger partial charge in [0.2, 0.25) is 0 Å². The van der Waals surface area contributed by atoms with E-state index >= 15 is 0 Å². The largest absolute Gasteiger partial charge is 0.456 e. The van der Waals surface area contributed by atoms with Gasteiger partial charge in [-0.25, -0.2) is 0 Å². The molecule has 322 valence electrons. The number of furan rings is 1. The molecule has 0 unspecified atom stereocenters. The topological polar surface area (TPSA) is 16.4 Å². The summed E-state index contributed by atoms with van der Waals surface area (Å²) in [6.07, 6.45) is 0. The van der Waals surface area contributed by atoms with Gasteiger partial charge in [0.05, 0.1) is 46.7 Å². The molecule has 0 amide bonds. The third-order valence-electron chi connectivity index (χ3n) is 12.8. The van der Waals surface area contributed by atoms with Gasteiger partial charge in [-0.05, 0) is 125 Å². The molecular weight excluding hydrogens is 835 g/mol. The van der Waals surface area contributed by atoms with Gasteiger partial charge in [0.15, 0.2) is 0 Å². The Hall–Kier alpha value is -8.98. The fraction of sp³-hybridized carbons (Fsp3) is 0.0149. The van der Waals surface area contributed by atoms with Crippen LogP contribution in [0.3, 0.4) is 0 Å². The second-order valence-corrected chi connectivity index (χ2v) is 16.3. The minimum atomic E-state index is -3.29.